The van der Waals surface area contributed by atoms with E-state index in [9.17, 15) is 18.0 Å². The van der Waals surface area contributed by atoms with Crippen LogP contribution in [0.25, 0.3) is 0 Å². The van der Waals surface area contributed by atoms with Crippen LogP contribution in [0.2, 0.25) is 0 Å². The van der Waals surface area contributed by atoms with E-state index < -0.39 is 21.8 Å². The van der Waals surface area contributed by atoms with Gasteiger partial charge in [-0.1, -0.05) is 12.1 Å². The largest absolute Gasteiger partial charge is 0.345 e. The van der Waals surface area contributed by atoms with Crippen LogP contribution in [0, 0.1) is 6.92 Å². The smallest absolute Gasteiger partial charge is 0.246 e. The summed E-state index contributed by atoms with van der Waals surface area (Å²) in [7, 11) is -3.20. The maximum absolute atomic E-state index is 12.2. The Balaban J connectivity index is 2.77. The van der Waals surface area contributed by atoms with Gasteiger partial charge in [0.2, 0.25) is 11.8 Å². The summed E-state index contributed by atoms with van der Waals surface area (Å²) in [5, 5.41) is 5.15. The quantitative estimate of drug-likeness (QED) is 0.815. The predicted molar refractivity (Wildman–Crippen MR) is 81.7 cm³/mol. The zero-order valence-corrected chi connectivity index (χ0v) is 13.2. The molecule has 2 N–H and O–H groups in total. The molecule has 0 fully saturated rings. The molecule has 21 heavy (non-hydrogen) atoms. The van der Waals surface area contributed by atoms with E-state index in [-0.39, 0.29) is 18.1 Å². The molecule has 0 radical (unpaired) electrons. The minimum absolute atomic E-state index is 0.0378. The van der Waals surface area contributed by atoms with E-state index >= 15 is 0 Å². The molecule has 0 aliphatic carbocycles. The first-order valence-corrected chi connectivity index (χ1v) is 8.56. The van der Waals surface area contributed by atoms with Gasteiger partial charge in [0, 0.05) is 18.9 Å². The van der Waals surface area contributed by atoms with Crippen molar-refractivity contribution in [2.75, 3.05) is 17.3 Å². The first-order chi connectivity index (χ1) is 9.67. The van der Waals surface area contributed by atoms with Gasteiger partial charge in [0.05, 0.1) is 5.75 Å². The van der Waals surface area contributed by atoms with Crippen LogP contribution in [0.15, 0.2) is 24.3 Å². The van der Waals surface area contributed by atoms with Gasteiger partial charge in [0.25, 0.3) is 0 Å². The highest BCUT2D eigenvalue weighted by molar-refractivity contribution is 7.90. The van der Waals surface area contributed by atoms with E-state index in [2.05, 4.69) is 10.6 Å². The fraction of sp³-hybridized carbons (Fsp3) is 0.429. The number of rotatable bonds is 6. The summed E-state index contributed by atoms with van der Waals surface area (Å²) in [5.41, 5.74) is 1.59. The Morgan fingerprint density at radius 2 is 1.95 bits per heavy atom. The summed E-state index contributed by atoms with van der Waals surface area (Å²) < 4.78 is 22.4. The topological polar surface area (TPSA) is 92.3 Å². The van der Waals surface area contributed by atoms with E-state index in [1.165, 1.54) is 6.92 Å². The normalized spacial score (nSPS) is 12.5. The van der Waals surface area contributed by atoms with E-state index in [1.54, 1.807) is 18.2 Å². The first kappa shape index (κ1) is 17.2. The van der Waals surface area contributed by atoms with Crippen LogP contribution in [-0.4, -0.2) is 38.3 Å². The van der Waals surface area contributed by atoms with Crippen LogP contribution in [0.4, 0.5) is 5.69 Å². The van der Waals surface area contributed by atoms with Gasteiger partial charge in [-0.2, -0.15) is 0 Å². The van der Waals surface area contributed by atoms with E-state index in [0.29, 0.717) is 5.69 Å². The van der Waals surface area contributed by atoms with Crippen molar-refractivity contribution in [3.05, 3.63) is 29.8 Å². The second-order valence-electron chi connectivity index (χ2n) is 5.03. The van der Waals surface area contributed by atoms with Crippen LogP contribution in [-0.2, 0) is 19.4 Å². The molecule has 0 aliphatic heterocycles. The van der Waals surface area contributed by atoms with Crippen molar-refractivity contribution in [3.8, 4) is 0 Å². The van der Waals surface area contributed by atoms with Crippen molar-refractivity contribution >= 4 is 27.3 Å². The lowest BCUT2D eigenvalue weighted by atomic mass is 10.2. The summed E-state index contributed by atoms with van der Waals surface area (Å²) >= 11 is 0. The highest BCUT2D eigenvalue weighted by Gasteiger charge is 2.21. The second-order valence-corrected chi connectivity index (χ2v) is 7.29. The van der Waals surface area contributed by atoms with Gasteiger partial charge in [-0.3, -0.25) is 9.59 Å². The third-order valence-electron chi connectivity index (χ3n) is 2.76. The van der Waals surface area contributed by atoms with Gasteiger partial charge in [0.15, 0.2) is 0 Å². The standard InChI is InChI=1S/C14H20N2O4S/c1-10-5-4-6-12(9-10)16-14(18)13(15-11(2)17)7-8-21(3,19)20/h4-6,9,13H,7-8H2,1-3H3,(H,15,17)(H,16,18)/t13-/m0/s1. The minimum atomic E-state index is -3.20. The van der Waals surface area contributed by atoms with Crippen molar-refractivity contribution in [1.82, 2.24) is 5.32 Å². The molecule has 116 valence electrons. The molecule has 0 aromatic heterocycles. The average molecular weight is 312 g/mol. The van der Waals surface area contributed by atoms with Gasteiger partial charge in [-0.05, 0) is 31.0 Å². The lowest BCUT2D eigenvalue weighted by molar-refractivity contribution is -0.125. The average Bonchev–Trinajstić information content (AvgIpc) is 2.32. The molecular formula is C14H20N2O4S. The van der Waals surface area contributed by atoms with Crippen LogP contribution in [0.1, 0.15) is 18.9 Å². The Hall–Kier alpha value is -1.89. The number of hydrogen-bond donors (Lipinski definition) is 2. The third kappa shape index (κ3) is 6.89. The Bertz CT molecular complexity index is 626. The molecule has 6 nitrogen and oxygen atoms in total. The molecule has 0 spiro atoms. The minimum Gasteiger partial charge on any atom is -0.345 e. The van der Waals surface area contributed by atoms with Crippen molar-refractivity contribution in [2.45, 2.75) is 26.3 Å². The molecule has 0 aliphatic rings. The zero-order chi connectivity index (χ0) is 16.0. The molecule has 7 heteroatoms. The zero-order valence-electron chi connectivity index (χ0n) is 12.3. The van der Waals surface area contributed by atoms with Crippen LogP contribution < -0.4 is 10.6 Å². The predicted octanol–water partition coefficient (Wildman–Crippen LogP) is 0.873. The van der Waals surface area contributed by atoms with Crippen molar-refractivity contribution in [3.63, 3.8) is 0 Å². The first-order valence-electron chi connectivity index (χ1n) is 6.50. The van der Waals surface area contributed by atoms with Crippen molar-refractivity contribution in [2.24, 2.45) is 0 Å². The molecule has 1 atom stereocenters. The van der Waals surface area contributed by atoms with Crippen LogP contribution in [0.5, 0.6) is 0 Å². The fourth-order valence-corrected chi connectivity index (χ4v) is 2.46. The summed E-state index contributed by atoms with van der Waals surface area (Å²) in [6.45, 7) is 3.18. The van der Waals surface area contributed by atoms with Crippen molar-refractivity contribution < 1.29 is 18.0 Å². The highest BCUT2D eigenvalue weighted by atomic mass is 32.2. The number of hydrogen-bond acceptors (Lipinski definition) is 4. The highest BCUT2D eigenvalue weighted by Crippen LogP contribution is 2.10. The van der Waals surface area contributed by atoms with Crippen LogP contribution >= 0.6 is 0 Å². The maximum Gasteiger partial charge on any atom is 0.246 e. The Morgan fingerprint density at radius 3 is 2.48 bits per heavy atom. The SMILES string of the molecule is CC(=O)N[C@@H](CCS(C)(=O)=O)C(=O)Nc1cccc(C)c1. The van der Waals surface area contributed by atoms with E-state index in [1.807, 2.05) is 13.0 Å². The third-order valence-corrected chi connectivity index (χ3v) is 3.73. The van der Waals surface area contributed by atoms with Gasteiger partial charge in [-0.25, -0.2) is 8.42 Å². The molecule has 0 unspecified atom stereocenters. The number of anilines is 1. The number of nitrogens with one attached hydrogen (secondary N) is 2. The Kier molecular flexibility index (Phi) is 5.90. The van der Waals surface area contributed by atoms with Gasteiger partial charge < -0.3 is 10.6 Å². The molecule has 1 aromatic rings. The van der Waals surface area contributed by atoms with E-state index in [4.69, 9.17) is 0 Å². The van der Waals surface area contributed by atoms with Gasteiger partial charge >= 0.3 is 0 Å². The summed E-state index contributed by atoms with van der Waals surface area (Å²) in [5.74, 6) is -0.980. The van der Waals surface area contributed by atoms with E-state index in [0.717, 1.165) is 11.8 Å². The van der Waals surface area contributed by atoms with Gasteiger partial charge in [0.1, 0.15) is 15.9 Å². The Labute approximate surface area is 124 Å². The Morgan fingerprint density at radius 1 is 1.29 bits per heavy atom. The lowest BCUT2D eigenvalue weighted by Crippen LogP contribution is -2.43. The summed E-state index contributed by atoms with van der Waals surface area (Å²) in [4.78, 5) is 23.3. The number of carbonyl (C=O) groups excluding carboxylic acids is 2. The van der Waals surface area contributed by atoms with Gasteiger partial charge in [-0.15, -0.1) is 0 Å². The molecule has 0 heterocycles. The summed E-state index contributed by atoms with van der Waals surface area (Å²) in [6, 6.07) is 6.34. The molecule has 2 amide bonds. The maximum atomic E-state index is 12.2. The second kappa shape index (κ2) is 7.21. The monoisotopic (exact) mass is 312 g/mol. The molecule has 1 aromatic carbocycles. The number of carbonyl (C=O) groups is 2. The molecule has 0 bridgehead atoms. The lowest BCUT2D eigenvalue weighted by Gasteiger charge is -2.17. The number of amides is 2. The van der Waals surface area contributed by atoms with Crippen LogP contribution in [0.3, 0.4) is 0 Å². The number of aryl methyl sites for hydroxylation is 1. The number of benzene rings is 1. The molecule has 1 rings (SSSR count). The number of sulfone groups is 1. The summed E-state index contributed by atoms with van der Waals surface area (Å²) in [6.07, 6.45) is 1.13. The molecule has 0 saturated carbocycles. The fourth-order valence-electron chi connectivity index (χ4n) is 1.80. The molecular weight excluding hydrogens is 292 g/mol. The van der Waals surface area contributed by atoms with Crippen molar-refractivity contribution in [1.29, 1.82) is 0 Å². The molecule has 0 saturated heterocycles.